The van der Waals surface area contributed by atoms with E-state index in [9.17, 15) is 4.79 Å². The van der Waals surface area contributed by atoms with Crippen molar-refractivity contribution in [2.24, 2.45) is 0 Å². The molecule has 1 unspecified atom stereocenters. The highest BCUT2D eigenvalue weighted by atomic mass is 32.1. The molecule has 1 amide bonds. The average Bonchev–Trinajstić information content (AvgIpc) is 2.87. The van der Waals surface area contributed by atoms with Gasteiger partial charge in [0.15, 0.2) is 0 Å². The number of carbonyl (C=O) groups is 1. The summed E-state index contributed by atoms with van der Waals surface area (Å²) in [6.07, 6.45) is 0. The van der Waals surface area contributed by atoms with Crippen LogP contribution in [0.1, 0.15) is 34.4 Å². The van der Waals surface area contributed by atoms with E-state index in [1.807, 2.05) is 11.4 Å². The molecule has 84 valence electrons. The average molecular weight is 237 g/mol. The molecule has 6 heteroatoms. The van der Waals surface area contributed by atoms with Gasteiger partial charge in [-0.3, -0.25) is 4.79 Å². The van der Waals surface area contributed by atoms with Crippen molar-refractivity contribution in [1.29, 1.82) is 0 Å². The number of nitrogens with zero attached hydrogens (tertiary/aromatic N) is 2. The van der Waals surface area contributed by atoms with Gasteiger partial charge in [0, 0.05) is 6.92 Å². The van der Waals surface area contributed by atoms with Crippen molar-refractivity contribution in [3.05, 3.63) is 34.2 Å². The minimum Gasteiger partial charge on any atom is -0.423 e. The molecule has 0 saturated carbocycles. The molecule has 2 aromatic rings. The number of aryl methyl sites for hydroxylation is 1. The molecule has 2 heterocycles. The Bertz CT molecular complexity index is 478. The van der Waals surface area contributed by atoms with Crippen LogP contribution < -0.4 is 5.32 Å². The SMILES string of the molecule is Cc1nnc(C(C)NC(=O)c2cccs2)o1. The van der Waals surface area contributed by atoms with E-state index in [1.54, 1.807) is 19.9 Å². The topological polar surface area (TPSA) is 68.0 Å². The summed E-state index contributed by atoms with van der Waals surface area (Å²) in [5.74, 6) is 0.785. The molecular formula is C10H11N3O2S. The van der Waals surface area contributed by atoms with Crippen LogP contribution in [0.3, 0.4) is 0 Å². The number of hydrogen-bond acceptors (Lipinski definition) is 5. The van der Waals surface area contributed by atoms with Gasteiger partial charge in [-0.1, -0.05) is 6.07 Å². The molecule has 0 spiro atoms. The summed E-state index contributed by atoms with van der Waals surface area (Å²) in [5.41, 5.74) is 0. The first-order valence-corrected chi connectivity index (χ1v) is 5.69. The van der Waals surface area contributed by atoms with E-state index in [4.69, 9.17) is 4.42 Å². The van der Waals surface area contributed by atoms with E-state index < -0.39 is 0 Å². The van der Waals surface area contributed by atoms with Gasteiger partial charge in [0.25, 0.3) is 5.91 Å². The lowest BCUT2D eigenvalue weighted by atomic mass is 10.3. The first-order valence-electron chi connectivity index (χ1n) is 4.81. The second kappa shape index (κ2) is 4.44. The smallest absolute Gasteiger partial charge is 0.261 e. The van der Waals surface area contributed by atoms with Crippen LogP contribution in [-0.4, -0.2) is 16.1 Å². The van der Waals surface area contributed by atoms with E-state index in [0.717, 1.165) is 0 Å². The zero-order valence-electron chi connectivity index (χ0n) is 8.93. The molecule has 2 rings (SSSR count). The van der Waals surface area contributed by atoms with E-state index in [1.165, 1.54) is 11.3 Å². The zero-order chi connectivity index (χ0) is 11.5. The Morgan fingerprint density at radius 2 is 2.38 bits per heavy atom. The van der Waals surface area contributed by atoms with E-state index in [-0.39, 0.29) is 11.9 Å². The maximum atomic E-state index is 11.7. The molecule has 1 N–H and O–H groups in total. The number of nitrogens with one attached hydrogen (secondary N) is 1. The van der Waals surface area contributed by atoms with E-state index in [2.05, 4.69) is 15.5 Å². The van der Waals surface area contributed by atoms with Crippen molar-refractivity contribution < 1.29 is 9.21 Å². The summed E-state index contributed by atoms with van der Waals surface area (Å²) < 4.78 is 5.23. The molecule has 0 saturated heterocycles. The minimum absolute atomic E-state index is 0.127. The number of amides is 1. The fourth-order valence-electron chi connectivity index (χ4n) is 1.22. The Balaban J connectivity index is 2.03. The fraction of sp³-hybridized carbons (Fsp3) is 0.300. The molecule has 0 aliphatic rings. The molecule has 0 aromatic carbocycles. The molecule has 0 fully saturated rings. The Kier molecular flexibility index (Phi) is 3.00. The third kappa shape index (κ3) is 2.27. The summed E-state index contributed by atoms with van der Waals surface area (Å²) in [6.45, 7) is 3.52. The number of rotatable bonds is 3. The quantitative estimate of drug-likeness (QED) is 0.885. The second-order valence-electron chi connectivity index (χ2n) is 3.33. The number of hydrogen-bond donors (Lipinski definition) is 1. The highest BCUT2D eigenvalue weighted by molar-refractivity contribution is 7.12. The van der Waals surface area contributed by atoms with Crippen molar-refractivity contribution in [1.82, 2.24) is 15.5 Å². The van der Waals surface area contributed by atoms with Crippen molar-refractivity contribution >= 4 is 17.2 Å². The summed E-state index contributed by atoms with van der Waals surface area (Å²) in [7, 11) is 0. The summed E-state index contributed by atoms with van der Waals surface area (Å²) in [5, 5.41) is 12.2. The van der Waals surface area contributed by atoms with Crippen molar-refractivity contribution in [3.8, 4) is 0 Å². The summed E-state index contributed by atoms with van der Waals surface area (Å²) >= 11 is 1.39. The molecule has 1 atom stereocenters. The van der Waals surface area contributed by atoms with Crippen molar-refractivity contribution in [3.63, 3.8) is 0 Å². The molecule has 2 aromatic heterocycles. The first-order chi connectivity index (χ1) is 7.66. The molecule has 5 nitrogen and oxygen atoms in total. The van der Waals surface area contributed by atoms with Gasteiger partial charge in [-0.2, -0.15) is 0 Å². The maximum Gasteiger partial charge on any atom is 0.261 e. The molecular weight excluding hydrogens is 226 g/mol. The Morgan fingerprint density at radius 3 is 2.94 bits per heavy atom. The molecule has 0 aliphatic heterocycles. The van der Waals surface area contributed by atoms with Crippen LogP contribution in [0.15, 0.2) is 21.9 Å². The number of carbonyl (C=O) groups excluding carboxylic acids is 1. The molecule has 0 bridgehead atoms. The van der Waals surface area contributed by atoms with Crippen LogP contribution in [0, 0.1) is 6.92 Å². The van der Waals surface area contributed by atoms with Gasteiger partial charge < -0.3 is 9.73 Å². The highest BCUT2D eigenvalue weighted by Crippen LogP contribution is 2.13. The Labute approximate surface area is 96.5 Å². The van der Waals surface area contributed by atoms with Crippen LogP contribution in [-0.2, 0) is 0 Å². The monoisotopic (exact) mass is 237 g/mol. The number of thiophene rings is 1. The van der Waals surface area contributed by atoms with Gasteiger partial charge in [0.2, 0.25) is 11.8 Å². The standard InChI is InChI=1S/C10H11N3O2S/c1-6(10-13-12-7(2)15-10)11-9(14)8-4-3-5-16-8/h3-6H,1-2H3,(H,11,14). The third-order valence-electron chi connectivity index (χ3n) is 2.00. The summed E-state index contributed by atoms with van der Waals surface area (Å²) in [4.78, 5) is 12.4. The van der Waals surface area contributed by atoms with Crippen LogP contribution >= 0.6 is 11.3 Å². The lowest BCUT2D eigenvalue weighted by molar-refractivity contribution is 0.0938. The van der Waals surface area contributed by atoms with Crippen LogP contribution in [0.4, 0.5) is 0 Å². The Hall–Kier alpha value is -1.69. The maximum absolute atomic E-state index is 11.7. The number of aromatic nitrogens is 2. The van der Waals surface area contributed by atoms with Crippen molar-refractivity contribution in [2.75, 3.05) is 0 Å². The molecule has 16 heavy (non-hydrogen) atoms. The second-order valence-corrected chi connectivity index (χ2v) is 4.28. The summed E-state index contributed by atoms with van der Waals surface area (Å²) in [6, 6.07) is 3.32. The van der Waals surface area contributed by atoms with Gasteiger partial charge in [-0.05, 0) is 18.4 Å². The van der Waals surface area contributed by atoms with Gasteiger partial charge in [0.1, 0.15) is 6.04 Å². The highest BCUT2D eigenvalue weighted by Gasteiger charge is 2.16. The lowest BCUT2D eigenvalue weighted by Gasteiger charge is -2.08. The van der Waals surface area contributed by atoms with Gasteiger partial charge >= 0.3 is 0 Å². The van der Waals surface area contributed by atoms with E-state index in [0.29, 0.717) is 16.7 Å². The van der Waals surface area contributed by atoms with Crippen molar-refractivity contribution in [2.45, 2.75) is 19.9 Å². The lowest BCUT2D eigenvalue weighted by Crippen LogP contribution is -2.26. The molecule has 0 aliphatic carbocycles. The van der Waals surface area contributed by atoms with Crippen LogP contribution in [0.25, 0.3) is 0 Å². The van der Waals surface area contributed by atoms with Crippen LogP contribution in [0.5, 0.6) is 0 Å². The fourth-order valence-corrected chi connectivity index (χ4v) is 1.85. The van der Waals surface area contributed by atoms with Gasteiger partial charge in [-0.15, -0.1) is 21.5 Å². The third-order valence-corrected chi connectivity index (χ3v) is 2.87. The zero-order valence-corrected chi connectivity index (χ0v) is 9.75. The largest absolute Gasteiger partial charge is 0.423 e. The molecule has 0 radical (unpaired) electrons. The normalized spacial score (nSPS) is 12.4. The van der Waals surface area contributed by atoms with Gasteiger partial charge in [-0.25, -0.2) is 0 Å². The first kappa shape index (κ1) is 10.8. The minimum atomic E-state index is -0.282. The van der Waals surface area contributed by atoms with E-state index >= 15 is 0 Å². The van der Waals surface area contributed by atoms with Gasteiger partial charge in [0.05, 0.1) is 4.88 Å². The van der Waals surface area contributed by atoms with Crippen LogP contribution in [0.2, 0.25) is 0 Å². The predicted octanol–water partition coefficient (Wildman–Crippen LogP) is 1.93. The predicted molar refractivity (Wildman–Crippen MR) is 59.2 cm³/mol. The Morgan fingerprint density at radius 1 is 1.56 bits per heavy atom.